The van der Waals surface area contributed by atoms with Crippen molar-refractivity contribution in [3.05, 3.63) is 130 Å². The summed E-state index contributed by atoms with van der Waals surface area (Å²) in [4.78, 5) is 39.3. The molecule has 0 saturated carbocycles. The van der Waals surface area contributed by atoms with Crippen LogP contribution in [0.5, 0.6) is 11.5 Å². The molecule has 1 aliphatic rings. The van der Waals surface area contributed by atoms with Gasteiger partial charge in [-0.3, -0.25) is 14.9 Å². The van der Waals surface area contributed by atoms with Crippen molar-refractivity contribution in [3.8, 4) is 11.5 Å². The molecule has 4 amide bonds. The van der Waals surface area contributed by atoms with E-state index in [1.54, 1.807) is 48.5 Å². The third-order valence-corrected chi connectivity index (χ3v) is 6.32. The summed E-state index contributed by atoms with van der Waals surface area (Å²) in [5.74, 6) is -0.206. The van der Waals surface area contributed by atoms with E-state index in [-0.39, 0.29) is 5.57 Å². The predicted octanol–water partition coefficient (Wildman–Crippen LogP) is 6.13. The maximum Gasteiger partial charge on any atom is 0.335 e. The van der Waals surface area contributed by atoms with Crippen LogP contribution in [0, 0.1) is 13.8 Å². The normalized spacial score (nSPS) is 14.3. The summed E-state index contributed by atoms with van der Waals surface area (Å²) in [6.07, 6.45) is 1.46. The van der Waals surface area contributed by atoms with Crippen molar-refractivity contribution in [2.24, 2.45) is 0 Å². The highest BCUT2D eigenvalue weighted by Crippen LogP contribution is 2.25. The molecule has 0 aromatic heterocycles. The van der Waals surface area contributed by atoms with Crippen LogP contribution in [0.2, 0.25) is 0 Å². The summed E-state index contributed by atoms with van der Waals surface area (Å²) in [5.41, 5.74) is 5.25. The number of hydrogen-bond acceptors (Lipinski definition) is 5. The van der Waals surface area contributed by atoms with Crippen LogP contribution in [-0.4, -0.2) is 17.8 Å². The molecule has 0 spiro atoms. The summed E-state index contributed by atoms with van der Waals surface area (Å²) >= 11 is 0. The molecule has 200 valence electrons. The number of anilines is 1. The monoisotopic (exact) mass is 532 g/mol. The predicted molar refractivity (Wildman–Crippen MR) is 153 cm³/mol. The first kappa shape index (κ1) is 26.4. The lowest BCUT2D eigenvalue weighted by atomic mass is 10.1. The number of nitrogens with one attached hydrogen (secondary N) is 1. The van der Waals surface area contributed by atoms with Crippen LogP contribution in [0.15, 0.2) is 103 Å². The van der Waals surface area contributed by atoms with E-state index in [2.05, 4.69) is 23.5 Å². The van der Waals surface area contributed by atoms with Crippen molar-refractivity contribution in [1.29, 1.82) is 0 Å². The van der Waals surface area contributed by atoms with Gasteiger partial charge >= 0.3 is 6.03 Å². The molecule has 0 atom stereocenters. The quantitative estimate of drug-likeness (QED) is 0.218. The number of imide groups is 2. The maximum absolute atomic E-state index is 13.2. The molecular weight excluding hydrogens is 504 g/mol. The smallest absolute Gasteiger partial charge is 0.335 e. The second-order valence-corrected chi connectivity index (χ2v) is 9.58. The Balaban J connectivity index is 1.26. The third kappa shape index (κ3) is 6.27. The molecule has 0 unspecified atom stereocenters. The summed E-state index contributed by atoms with van der Waals surface area (Å²) in [5, 5.41) is 2.25. The summed E-state index contributed by atoms with van der Waals surface area (Å²) in [6.45, 7) is 4.91. The van der Waals surface area contributed by atoms with Gasteiger partial charge in [-0.1, -0.05) is 71.8 Å². The lowest BCUT2D eigenvalue weighted by Crippen LogP contribution is -2.54. The van der Waals surface area contributed by atoms with Crippen molar-refractivity contribution >= 4 is 29.6 Å². The van der Waals surface area contributed by atoms with Crippen LogP contribution in [0.1, 0.15) is 27.8 Å². The number of barbiturate groups is 1. The van der Waals surface area contributed by atoms with E-state index in [0.29, 0.717) is 36.0 Å². The Bertz CT molecular complexity index is 1560. The lowest BCUT2D eigenvalue weighted by molar-refractivity contribution is -0.122. The van der Waals surface area contributed by atoms with Crippen LogP contribution in [0.3, 0.4) is 0 Å². The molecule has 5 rings (SSSR count). The van der Waals surface area contributed by atoms with Crippen molar-refractivity contribution in [2.75, 3.05) is 4.90 Å². The molecule has 1 N–H and O–H groups in total. The highest BCUT2D eigenvalue weighted by atomic mass is 16.5. The lowest BCUT2D eigenvalue weighted by Gasteiger charge is -2.26. The molecule has 1 aliphatic heterocycles. The zero-order valence-electron chi connectivity index (χ0n) is 22.2. The van der Waals surface area contributed by atoms with Gasteiger partial charge in [-0.2, -0.15) is 0 Å². The number of hydrogen-bond donors (Lipinski definition) is 1. The molecule has 0 aliphatic carbocycles. The van der Waals surface area contributed by atoms with Crippen LogP contribution >= 0.6 is 0 Å². The Labute approximate surface area is 232 Å². The number of rotatable bonds is 8. The van der Waals surface area contributed by atoms with Gasteiger partial charge in [0.2, 0.25) is 0 Å². The first-order valence-electron chi connectivity index (χ1n) is 12.8. The van der Waals surface area contributed by atoms with E-state index in [4.69, 9.17) is 9.47 Å². The number of urea groups is 1. The highest BCUT2D eigenvalue weighted by Gasteiger charge is 2.36. The van der Waals surface area contributed by atoms with Gasteiger partial charge in [0.05, 0.1) is 5.69 Å². The van der Waals surface area contributed by atoms with E-state index in [1.165, 1.54) is 17.2 Å². The van der Waals surface area contributed by atoms with Gasteiger partial charge in [-0.05, 0) is 73.0 Å². The highest BCUT2D eigenvalue weighted by molar-refractivity contribution is 6.39. The summed E-state index contributed by atoms with van der Waals surface area (Å²) < 4.78 is 11.7. The van der Waals surface area contributed by atoms with Crippen molar-refractivity contribution < 1.29 is 23.9 Å². The maximum atomic E-state index is 13.2. The summed E-state index contributed by atoms with van der Waals surface area (Å²) in [7, 11) is 0. The average Bonchev–Trinajstić information content (AvgIpc) is 2.94. The minimum absolute atomic E-state index is 0.145. The Kier molecular flexibility index (Phi) is 7.73. The molecule has 40 heavy (non-hydrogen) atoms. The minimum Gasteiger partial charge on any atom is -0.489 e. The Hall–Kier alpha value is -5.17. The molecule has 0 bridgehead atoms. The second kappa shape index (κ2) is 11.7. The fourth-order valence-corrected chi connectivity index (χ4v) is 4.47. The molecule has 1 fully saturated rings. The van der Waals surface area contributed by atoms with Gasteiger partial charge in [0, 0.05) is 0 Å². The average molecular weight is 533 g/mol. The van der Waals surface area contributed by atoms with Crippen molar-refractivity contribution in [3.63, 3.8) is 0 Å². The van der Waals surface area contributed by atoms with Crippen LogP contribution in [0.25, 0.3) is 6.08 Å². The Morgan fingerprint density at radius 2 is 1.27 bits per heavy atom. The van der Waals surface area contributed by atoms with E-state index >= 15 is 0 Å². The van der Waals surface area contributed by atoms with Crippen LogP contribution < -0.4 is 19.7 Å². The minimum atomic E-state index is -0.805. The number of carbonyl (C=O) groups is 3. The Morgan fingerprint density at radius 1 is 0.700 bits per heavy atom. The number of nitrogens with zero attached hydrogens (tertiary/aromatic N) is 1. The van der Waals surface area contributed by atoms with Crippen molar-refractivity contribution in [2.45, 2.75) is 27.1 Å². The number of ether oxygens (including phenoxy) is 2. The van der Waals surface area contributed by atoms with Gasteiger partial charge in [0.15, 0.2) is 0 Å². The van der Waals surface area contributed by atoms with Crippen LogP contribution in [-0.2, 0) is 22.8 Å². The fraction of sp³-hybridized carbons (Fsp3) is 0.121. The van der Waals surface area contributed by atoms with Gasteiger partial charge in [0.25, 0.3) is 11.8 Å². The topological polar surface area (TPSA) is 84.9 Å². The van der Waals surface area contributed by atoms with Crippen molar-refractivity contribution in [1.82, 2.24) is 5.32 Å². The molecular formula is C33H28N2O5. The summed E-state index contributed by atoms with van der Waals surface area (Å²) in [6, 6.07) is 28.8. The molecule has 1 heterocycles. The zero-order chi connectivity index (χ0) is 28.1. The van der Waals surface area contributed by atoms with Gasteiger partial charge in [-0.15, -0.1) is 0 Å². The zero-order valence-corrected chi connectivity index (χ0v) is 22.2. The van der Waals surface area contributed by atoms with Gasteiger partial charge in [0.1, 0.15) is 30.3 Å². The third-order valence-electron chi connectivity index (χ3n) is 6.32. The Morgan fingerprint density at radius 3 is 1.90 bits per heavy atom. The standard InChI is InChI=1S/C33H28N2O5/c1-22-16-23(2)18-26(17-22)21-40-28-12-8-24(9-13-28)19-30-31(36)34-33(38)35(32(30)37)27-10-14-29(15-11-27)39-20-25-6-4-3-5-7-25/h3-19H,20-21H2,1-2H3,(H,34,36,38)/b30-19+. The molecule has 0 radical (unpaired) electrons. The molecule has 4 aromatic rings. The SMILES string of the molecule is Cc1cc(C)cc(COc2ccc(/C=C3\C(=O)NC(=O)N(c4ccc(OCc5ccccc5)cc4)C3=O)cc2)c1. The molecule has 4 aromatic carbocycles. The van der Waals surface area contributed by atoms with E-state index < -0.39 is 17.8 Å². The van der Waals surface area contributed by atoms with Gasteiger partial charge in [-0.25, -0.2) is 9.69 Å². The van der Waals surface area contributed by atoms with E-state index in [1.807, 2.05) is 44.2 Å². The largest absolute Gasteiger partial charge is 0.489 e. The molecule has 7 heteroatoms. The number of aryl methyl sites for hydroxylation is 2. The number of carbonyl (C=O) groups excluding carboxylic acids is 3. The fourth-order valence-electron chi connectivity index (χ4n) is 4.47. The van der Waals surface area contributed by atoms with Crippen LogP contribution in [0.4, 0.5) is 10.5 Å². The molecule has 1 saturated heterocycles. The second-order valence-electron chi connectivity index (χ2n) is 9.58. The molecule has 7 nitrogen and oxygen atoms in total. The van der Waals surface area contributed by atoms with E-state index in [0.717, 1.165) is 16.0 Å². The van der Waals surface area contributed by atoms with Gasteiger partial charge < -0.3 is 9.47 Å². The van der Waals surface area contributed by atoms with E-state index in [9.17, 15) is 14.4 Å². The first-order valence-corrected chi connectivity index (χ1v) is 12.8. The number of amides is 4. The number of benzene rings is 4. The first-order chi connectivity index (χ1) is 19.4.